The highest BCUT2D eigenvalue weighted by atomic mass is 32.2. The molecule has 0 aromatic rings. The largest absolute Gasteiger partial charge is 0.376 e. The molecule has 5 saturated heterocycles. The fourth-order valence-electron chi connectivity index (χ4n) is 4.55. The number of ether oxygens (including phenoxy) is 5. The lowest BCUT2D eigenvalue weighted by atomic mass is 9.99. The summed E-state index contributed by atoms with van der Waals surface area (Å²) in [6.07, 6.45) is 11.2. The van der Waals surface area contributed by atoms with Gasteiger partial charge in [0, 0.05) is 16.1 Å². The van der Waals surface area contributed by atoms with Gasteiger partial charge in [0.05, 0.1) is 31.5 Å². The molecule has 5 aliphatic rings. The van der Waals surface area contributed by atoms with Crippen molar-refractivity contribution >= 4 is 23.5 Å². The fraction of sp³-hybridized carbons (Fsp3) is 1.00. The van der Waals surface area contributed by atoms with E-state index in [0.717, 1.165) is 26.4 Å². The van der Waals surface area contributed by atoms with Crippen LogP contribution in [-0.4, -0.2) is 70.7 Å². The molecule has 1 unspecified atom stereocenters. The Labute approximate surface area is 244 Å². The van der Waals surface area contributed by atoms with Gasteiger partial charge in [-0.2, -0.15) is 23.5 Å². The lowest BCUT2D eigenvalue weighted by Gasteiger charge is -2.29. The van der Waals surface area contributed by atoms with Gasteiger partial charge >= 0.3 is 0 Å². The second-order valence-electron chi connectivity index (χ2n) is 13.6. The van der Waals surface area contributed by atoms with E-state index in [1.54, 1.807) is 0 Å². The lowest BCUT2D eigenvalue weighted by molar-refractivity contribution is -0.136. The lowest BCUT2D eigenvalue weighted by Crippen LogP contribution is -2.28. The molecule has 0 amide bonds. The summed E-state index contributed by atoms with van der Waals surface area (Å²) in [7, 11) is 0. The van der Waals surface area contributed by atoms with E-state index in [0.29, 0.717) is 9.49 Å². The molecule has 5 heterocycles. The SMILES string of the molecule is CC1(C)CCCCO1.CC1(C)CCCCS1.CC1(C)CCCS1.CC1(C)OCCO1.CC1COC(C)(C)O1. The number of rotatable bonds is 0. The third kappa shape index (κ3) is 18.8. The van der Waals surface area contributed by atoms with E-state index in [-0.39, 0.29) is 23.3 Å². The van der Waals surface area contributed by atoms with Crippen LogP contribution >= 0.6 is 23.5 Å². The molecule has 1 atom stereocenters. The smallest absolute Gasteiger partial charge is 0.163 e. The minimum Gasteiger partial charge on any atom is -0.376 e. The summed E-state index contributed by atoms with van der Waals surface area (Å²) >= 11 is 4.22. The van der Waals surface area contributed by atoms with Gasteiger partial charge in [-0.05, 0) is 105 Å². The second kappa shape index (κ2) is 16.8. The Morgan fingerprint density at radius 1 is 0.526 bits per heavy atom. The van der Waals surface area contributed by atoms with Crippen LogP contribution in [0.1, 0.15) is 128 Å². The molecule has 0 bridgehead atoms. The summed E-state index contributed by atoms with van der Waals surface area (Å²) < 4.78 is 27.5. The molecule has 0 N–H and O–H groups in total. The molecule has 0 aliphatic carbocycles. The van der Waals surface area contributed by atoms with Crippen LogP contribution < -0.4 is 0 Å². The van der Waals surface area contributed by atoms with Crippen molar-refractivity contribution in [3.63, 3.8) is 0 Å². The first kappa shape index (κ1) is 36.5. The van der Waals surface area contributed by atoms with E-state index < -0.39 is 0 Å². The van der Waals surface area contributed by atoms with Crippen molar-refractivity contribution in [2.75, 3.05) is 37.9 Å². The Bertz CT molecular complexity index is 550. The topological polar surface area (TPSA) is 46.2 Å². The van der Waals surface area contributed by atoms with Crippen molar-refractivity contribution in [3.05, 3.63) is 0 Å². The van der Waals surface area contributed by atoms with Crippen molar-refractivity contribution in [1.82, 2.24) is 0 Å². The highest BCUT2D eigenvalue weighted by molar-refractivity contribution is 8.01. The van der Waals surface area contributed by atoms with Crippen LogP contribution in [-0.2, 0) is 23.7 Å². The first-order valence-electron chi connectivity index (χ1n) is 14.9. The first-order valence-corrected chi connectivity index (χ1v) is 16.9. The van der Waals surface area contributed by atoms with Crippen molar-refractivity contribution in [2.45, 2.75) is 160 Å². The molecular weight excluding hydrogens is 516 g/mol. The molecule has 7 heteroatoms. The maximum atomic E-state index is 5.47. The fourth-order valence-corrected chi connectivity index (χ4v) is 6.87. The molecule has 0 aromatic heterocycles. The van der Waals surface area contributed by atoms with Gasteiger partial charge in [-0.25, -0.2) is 0 Å². The van der Waals surface area contributed by atoms with E-state index in [4.69, 9.17) is 23.7 Å². The zero-order valence-corrected chi connectivity index (χ0v) is 28.5. The van der Waals surface area contributed by atoms with Crippen LogP contribution in [0.4, 0.5) is 0 Å². The van der Waals surface area contributed by atoms with Crippen LogP contribution in [0.15, 0.2) is 0 Å². The van der Waals surface area contributed by atoms with Gasteiger partial charge in [-0.3, -0.25) is 0 Å². The van der Waals surface area contributed by atoms with E-state index in [1.807, 2.05) is 34.6 Å². The molecular formula is C31H62O5S2. The summed E-state index contributed by atoms with van der Waals surface area (Å²) in [5.74, 6) is 2.12. The molecule has 5 aliphatic heterocycles. The van der Waals surface area contributed by atoms with Gasteiger partial charge in [0.15, 0.2) is 11.6 Å². The minimum absolute atomic E-state index is 0.179. The van der Waals surface area contributed by atoms with Gasteiger partial charge in [-0.15, -0.1) is 0 Å². The van der Waals surface area contributed by atoms with Crippen molar-refractivity contribution in [3.8, 4) is 0 Å². The number of hydrogen-bond acceptors (Lipinski definition) is 7. The normalized spacial score (nSPS) is 29.6. The zero-order valence-electron chi connectivity index (χ0n) is 26.8. The van der Waals surface area contributed by atoms with Crippen LogP contribution in [0, 0.1) is 0 Å². The van der Waals surface area contributed by atoms with Gasteiger partial charge in [-0.1, -0.05) is 34.1 Å². The summed E-state index contributed by atoms with van der Waals surface area (Å²) in [6, 6.07) is 0. The average molecular weight is 579 g/mol. The Kier molecular flexibility index (Phi) is 16.2. The Morgan fingerprint density at radius 3 is 1.24 bits per heavy atom. The van der Waals surface area contributed by atoms with Gasteiger partial charge in [0.25, 0.3) is 0 Å². The van der Waals surface area contributed by atoms with Crippen LogP contribution in [0.25, 0.3) is 0 Å². The molecule has 38 heavy (non-hydrogen) atoms. The monoisotopic (exact) mass is 578 g/mol. The Hall–Kier alpha value is 0.500. The van der Waals surface area contributed by atoms with Crippen LogP contribution in [0.2, 0.25) is 0 Å². The van der Waals surface area contributed by atoms with Crippen LogP contribution in [0.3, 0.4) is 0 Å². The summed E-state index contributed by atoms with van der Waals surface area (Å²) in [5.41, 5.74) is 0.179. The molecule has 5 nitrogen and oxygen atoms in total. The van der Waals surface area contributed by atoms with Crippen LogP contribution in [0.5, 0.6) is 0 Å². The molecule has 0 radical (unpaired) electrons. The number of hydrogen-bond donors (Lipinski definition) is 0. The van der Waals surface area contributed by atoms with E-state index >= 15 is 0 Å². The molecule has 0 aromatic carbocycles. The van der Waals surface area contributed by atoms with Gasteiger partial charge in [0.1, 0.15) is 0 Å². The van der Waals surface area contributed by atoms with E-state index in [1.165, 1.54) is 62.9 Å². The predicted octanol–water partition coefficient (Wildman–Crippen LogP) is 8.87. The van der Waals surface area contributed by atoms with Crippen molar-refractivity contribution < 1.29 is 23.7 Å². The Balaban J connectivity index is 0.000000238. The maximum absolute atomic E-state index is 5.47. The first-order chi connectivity index (χ1) is 17.4. The van der Waals surface area contributed by atoms with Gasteiger partial charge in [0.2, 0.25) is 0 Å². The summed E-state index contributed by atoms with van der Waals surface area (Å²) in [4.78, 5) is 0. The van der Waals surface area contributed by atoms with Gasteiger partial charge < -0.3 is 23.7 Å². The molecule has 5 rings (SSSR count). The summed E-state index contributed by atoms with van der Waals surface area (Å²) in [6.45, 7) is 26.5. The standard InChI is InChI=1S/C7H14O.C7H14S.C6H12O2.C6H12S.C5H10O2/c2*1-7(2)5-3-4-6-8-7;1-5-4-7-6(2,3)8-5;1-6(2)4-3-5-7-6;1-5(2)6-3-4-7-5/h2*3-6H2,1-2H3;5H,4H2,1-3H3;3-5H2,1-2H3;3-4H2,1-2H3. The molecule has 228 valence electrons. The highest BCUT2D eigenvalue weighted by Gasteiger charge is 2.29. The third-order valence-corrected chi connectivity index (χ3v) is 9.84. The maximum Gasteiger partial charge on any atom is 0.163 e. The van der Waals surface area contributed by atoms with Crippen molar-refractivity contribution in [2.24, 2.45) is 0 Å². The summed E-state index contributed by atoms with van der Waals surface area (Å²) in [5, 5.41) is 0. The quantitative estimate of drug-likeness (QED) is 0.284. The predicted molar refractivity (Wildman–Crippen MR) is 167 cm³/mol. The molecule has 0 saturated carbocycles. The zero-order chi connectivity index (χ0) is 28.9. The number of thioether (sulfide) groups is 2. The molecule has 0 spiro atoms. The molecule has 5 fully saturated rings. The third-order valence-electron chi connectivity index (χ3n) is 6.88. The van der Waals surface area contributed by atoms with E-state index in [9.17, 15) is 0 Å². The second-order valence-corrected chi connectivity index (χ2v) is 17.2. The minimum atomic E-state index is -0.334. The highest BCUT2D eigenvalue weighted by Crippen LogP contribution is 2.36. The van der Waals surface area contributed by atoms with E-state index in [2.05, 4.69) is 65.1 Å². The Morgan fingerprint density at radius 2 is 1.05 bits per heavy atom. The average Bonchev–Trinajstić information content (AvgIpc) is 3.48. The van der Waals surface area contributed by atoms with Crippen molar-refractivity contribution in [1.29, 1.82) is 0 Å².